The molecule has 0 aliphatic heterocycles. The van der Waals surface area contributed by atoms with Gasteiger partial charge in [-0.2, -0.15) is 10.4 Å². The number of hydrogen-bond donors (Lipinski definition) is 2. The lowest BCUT2D eigenvalue weighted by molar-refractivity contribution is 0.842. The number of aromatic amines is 1. The smallest absolute Gasteiger partial charge is 0.163 e. The van der Waals surface area contributed by atoms with E-state index in [4.69, 9.17) is 5.73 Å². The van der Waals surface area contributed by atoms with Crippen LogP contribution in [0.2, 0.25) is 0 Å². The van der Waals surface area contributed by atoms with Crippen molar-refractivity contribution in [1.29, 1.82) is 5.26 Å². The first kappa shape index (κ1) is 16.1. The van der Waals surface area contributed by atoms with Gasteiger partial charge >= 0.3 is 0 Å². The highest BCUT2D eigenvalue weighted by Crippen LogP contribution is 2.29. The minimum Gasteiger partial charge on any atom is -0.381 e. The van der Waals surface area contributed by atoms with E-state index in [1.807, 2.05) is 36.5 Å². The highest BCUT2D eigenvalue weighted by atomic mass is 15.2. The summed E-state index contributed by atoms with van der Waals surface area (Å²) in [5.74, 6) is 0.219. The number of nitrogens with zero attached hydrogens (tertiary/aromatic N) is 4. The molecule has 0 saturated heterocycles. The van der Waals surface area contributed by atoms with Crippen LogP contribution < -0.4 is 5.73 Å². The summed E-state index contributed by atoms with van der Waals surface area (Å²) in [7, 11) is 0. The molecule has 0 unspecified atom stereocenters. The Kier molecular flexibility index (Phi) is 3.59. The fraction of sp³-hybridized carbons (Fsp3) is 0.0455. The van der Waals surface area contributed by atoms with Crippen molar-refractivity contribution in [1.82, 2.24) is 19.7 Å². The predicted octanol–water partition coefficient (Wildman–Crippen LogP) is 4.08. The van der Waals surface area contributed by atoms with Crippen LogP contribution in [0.3, 0.4) is 0 Å². The lowest BCUT2D eigenvalue weighted by Crippen LogP contribution is -1.99. The van der Waals surface area contributed by atoms with E-state index >= 15 is 0 Å². The molecule has 3 heterocycles. The van der Waals surface area contributed by atoms with Crippen LogP contribution >= 0.6 is 0 Å². The molecule has 6 heteroatoms. The van der Waals surface area contributed by atoms with Gasteiger partial charge in [-0.1, -0.05) is 30.3 Å². The topological polar surface area (TPSA) is 96.3 Å². The van der Waals surface area contributed by atoms with Gasteiger partial charge in [-0.3, -0.25) is 10.1 Å². The molecule has 0 aliphatic carbocycles. The van der Waals surface area contributed by atoms with Gasteiger partial charge in [0, 0.05) is 35.4 Å². The Bertz CT molecular complexity index is 1360. The average molecular weight is 364 g/mol. The van der Waals surface area contributed by atoms with Gasteiger partial charge < -0.3 is 10.3 Å². The normalized spacial score (nSPS) is 11.1. The van der Waals surface area contributed by atoms with Crippen LogP contribution in [-0.2, 0) is 6.54 Å². The van der Waals surface area contributed by atoms with E-state index < -0.39 is 0 Å². The van der Waals surface area contributed by atoms with E-state index in [1.165, 1.54) is 5.56 Å². The zero-order chi connectivity index (χ0) is 19.1. The van der Waals surface area contributed by atoms with Crippen molar-refractivity contribution >= 4 is 27.6 Å². The molecule has 3 aromatic heterocycles. The Morgan fingerprint density at radius 3 is 2.89 bits per heavy atom. The number of pyridine rings is 1. The minimum atomic E-state index is 0.219. The predicted molar refractivity (Wildman–Crippen MR) is 109 cm³/mol. The molecule has 5 aromatic rings. The zero-order valence-corrected chi connectivity index (χ0v) is 14.9. The minimum absolute atomic E-state index is 0.219. The molecule has 0 aliphatic rings. The molecule has 5 rings (SSSR count). The second-order valence-electron chi connectivity index (χ2n) is 6.68. The zero-order valence-electron chi connectivity index (χ0n) is 14.9. The fourth-order valence-electron chi connectivity index (χ4n) is 3.63. The highest BCUT2D eigenvalue weighted by Gasteiger charge is 2.14. The standard InChI is InChI=1S/C22H16N6/c23-12-18-21(26-27-22(18)24)15-6-5-14-8-10-28(20(14)11-15)13-16-7-9-25-19-4-2-1-3-17(16)19/h1-11H,13H2,(H3,24,26,27). The maximum atomic E-state index is 9.37. The first-order valence-corrected chi connectivity index (χ1v) is 8.90. The van der Waals surface area contributed by atoms with Crippen molar-refractivity contribution in [3.05, 3.63) is 78.1 Å². The number of aromatic nitrogens is 4. The Morgan fingerprint density at radius 2 is 2.00 bits per heavy atom. The van der Waals surface area contributed by atoms with Gasteiger partial charge in [-0.15, -0.1) is 0 Å². The third kappa shape index (κ3) is 2.49. The molecule has 6 nitrogen and oxygen atoms in total. The summed E-state index contributed by atoms with van der Waals surface area (Å²) < 4.78 is 2.20. The van der Waals surface area contributed by atoms with Crippen LogP contribution in [0.25, 0.3) is 33.1 Å². The number of fused-ring (bicyclic) bond motifs is 2. The molecular weight excluding hydrogens is 348 g/mol. The summed E-state index contributed by atoms with van der Waals surface area (Å²) in [5.41, 5.74) is 11.0. The number of benzene rings is 2. The van der Waals surface area contributed by atoms with Gasteiger partial charge in [0.05, 0.1) is 11.2 Å². The molecular formula is C22H16N6. The second-order valence-corrected chi connectivity index (χ2v) is 6.68. The summed E-state index contributed by atoms with van der Waals surface area (Å²) in [6.45, 7) is 0.728. The molecule has 0 spiro atoms. The number of nitrogens with two attached hydrogens (primary N) is 1. The van der Waals surface area contributed by atoms with E-state index in [-0.39, 0.29) is 5.82 Å². The highest BCUT2D eigenvalue weighted by molar-refractivity contribution is 5.87. The second kappa shape index (κ2) is 6.25. The molecule has 28 heavy (non-hydrogen) atoms. The van der Waals surface area contributed by atoms with Crippen molar-refractivity contribution in [2.45, 2.75) is 6.54 Å². The number of H-pyrrole nitrogens is 1. The van der Waals surface area contributed by atoms with Crippen LogP contribution in [0.4, 0.5) is 5.82 Å². The van der Waals surface area contributed by atoms with Crippen LogP contribution in [0.5, 0.6) is 0 Å². The van der Waals surface area contributed by atoms with Crippen molar-refractivity contribution in [3.8, 4) is 17.3 Å². The number of anilines is 1. The van der Waals surface area contributed by atoms with Gasteiger partial charge in [0.15, 0.2) is 5.82 Å². The molecule has 0 bridgehead atoms. The fourth-order valence-corrected chi connectivity index (χ4v) is 3.63. The Labute approximate surface area is 160 Å². The van der Waals surface area contributed by atoms with E-state index in [0.29, 0.717) is 11.3 Å². The van der Waals surface area contributed by atoms with Gasteiger partial charge in [-0.05, 0) is 35.2 Å². The third-order valence-corrected chi connectivity index (χ3v) is 5.05. The molecule has 3 N–H and O–H groups in total. The quantitative estimate of drug-likeness (QED) is 0.504. The molecule has 0 saturated carbocycles. The Balaban J connectivity index is 1.62. The first-order valence-electron chi connectivity index (χ1n) is 8.90. The first-order chi connectivity index (χ1) is 13.7. The van der Waals surface area contributed by atoms with Gasteiger partial charge in [0.1, 0.15) is 11.6 Å². The number of hydrogen-bond acceptors (Lipinski definition) is 4. The Morgan fingerprint density at radius 1 is 1.11 bits per heavy atom. The number of para-hydroxylation sites is 1. The number of rotatable bonds is 3. The van der Waals surface area contributed by atoms with E-state index in [0.717, 1.165) is 33.9 Å². The summed E-state index contributed by atoms with van der Waals surface area (Å²) in [6, 6.07) is 20.5. The number of nitrogen functional groups attached to an aromatic ring is 1. The summed E-state index contributed by atoms with van der Waals surface area (Å²) in [4.78, 5) is 4.45. The summed E-state index contributed by atoms with van der Waals surface area (Å²) >= 11 is 0. The third-order valence-electron chi connectivity index (χ3n) is 5.05. The SMILES string of the molecule is N#Cc1c(N)n[nH]c1-c1ccc2ccn(Cc3ccnc4ccccc34)c2c1. The maximum absolute atomic E-state index is 9.37. The molecule has 0 amide bonds. The molecule has 0 atom stereocenters. The van der Waals surface area contributed by atoms with Gasteiger partial charge in [0.2, 0.25) is 0 Å². The van der Waals surface area contributed by atoms with Crippen LogP contribution in [-0.4, -0.2) is 19.7 Å². The molecule has 0 radical (unpaired) electrons. The van der Waals surface area contributed by atoms with E-state index in [1.54, 1.807) is 0 Å². The van der Waals surface area contributed by atoms with Crippen molar-refractivity contribution < 1.29 is 0 Å². The average Bonchev–Trinajstić information content (AvgIpc) is 3.31. The van der Waals surface area contributed by atoms with Crippen molar-refractivity contribution in [2.24, 2.45) is 0 Å². The lowest BCUT2D eigenvalue weighted by atomic mass is 10.1. The summed E-state index contributed by atoms with van der Waals surface area (Å²) in [6.07, 6.45) is 3.93. The molecule has 0 fully saturated rings. The molecule has 2 aromatic carbocycles. The van der Waals surface area contributed by atoms with Crippen molar-refractivity contribution in [2.75, 3.05) is 5.73 Å². The van der Waals surface area contributed by atoms with Crippen LogP contribution in [0.1, 0.15) is 11.1 Å². The lowest BCUT2D eigenvalue weighted by Gasteiger charge is -2.09. The number of nitrogens with one attached hydrogen (secondary N) is 1. The van der Waals surface area contributed by atoms with Crippen LogP contribution in [0, 0.1) is 11.3 Å². The Hall–Kier alpha value is -4.11. The van der Waals surface area contributed by atoms with Gasteiger partial charge in [0.25, 0.3) is 0 Å². The summed E-state index contributed by atoms with van der Waals surface area (Å²) in [5, 5.41) is 18.5. The monoisotopic (exact) mass is 364 g/mol. The van der Waals surface area contributed by atoms with Crippen molar-refractivity contribution in [3.63, 3.8) is 0 Å². The van der Waals surface area contributed by atoms with Crippen LogP contribution in [0.15, 0.2) is 67.0 Å². The maximum Gasteiger partial charge on any atom is 0.163 e. The molecule has 134 valence electrons. The number of nitriles is 1. The van der Waals surface area contributed by atoms with E-state index in [2.05, 4.69) is 56.3 Å². The largest absolute Gasteiger partial charge is 0.381 e. The van der Waals surface area contributed by atoms with E-state index in [9.17, 15) is 5.26 Å². The van der Waals surface area contributed by atoms with Gasteiger partial charge in [-0.25, -0.2) is 0 Å².